The molecule has 0 radical (unpaired) electrons. The number of aryl methyl sites for hydroxylation is 1. The molecule has 0 aliphatic heterocycles. The number of benzene rings is 1. The van der Waals surface area contributed by atoms with Crippen molar-refractivity contribution in [2.45, 2.75) is 71.6 Å². The van der Waals surface area contributed by atoms with Gasteiger partial charge in [0.15, 0.2) is 0 Å². The van der Waals surface area contributed by atoms with Gasteiger partial charge in [-0.3, -0.25) is 4.79 Å². The van der Waals surface area contributed by atoms with Crippen LogP contribution in [-0.2, 0) is 15.6 Å². The average Bonchev–Trinajstić information content (AvgIpc) is 3.31. The molecule has 0 aromatic heterocycles. The Labute approximate surface area is 158 Å². The zero-order valence-corrected chi connectivity index (χ0v) is 17.0. The van der Waals surface area contributed by atoms with Gasteiger partial charge in [0.25, 0.3) is 0 Å². The van der Waals surface area contributed by atoms with E-state index in [1.54, 1.807) is 0 Å². The number of allylic oxidation sites excluding steroid dienone is 4. The third-order valence-electron chi connectivity index (χ3n) is 6.48. The maximum Gasteiger partial charge on any atom is 0.307 e. The van der Waals surface area contributed by atoms with Crippen LogP contribution in [0.1, 0.15) is 76.1 Å². The van der Waals surface area contributed by atoms with E-state index in [1.807, 2.05) is 12.2 Å². The maximum absolute atomic E-state index is 10.9. The fourth-order valence-corrected chi connectivity index (χ4v) is 4.29. The molecular weight excluding hydrogens is 320 g/mol. The van der Waals surface area contributed by atoms with E-state index in [2.05, 4.69) is 59.8 Å². The Morgan fingerprint density at radius 3 is 2.23 bits per heavy atom. The molecule has 0 spiro atoms. The van der Waals surface area contributed by atoms with E-state index in [4.69, 9.17) is 5.11 Å². The third-order valence-corrected chi connectivity index (χ3v) is 6.48. The fourth-order valence-electron chi connectivity index (χ4n) is 4.29. The number of carboxylic acid groups (broad SMARTS) is 1. The second-order valence-electron chi connectivity index (χ2n) is 9.56. The van der Waals surface area contributed by atoms with Gasteiger partial charge in [-0.2, -0.15) is 0 Å². The van der Waals surface area contributed by atoms with Crippen LogP contribution in [0.25, 0.3) is 5.57 Å². The van der Waals surface area contributed by atoms with Gasteiger partial charge in [-0.1, -0.05) is 58.1 Å². The predicted molar refractivity (Wildman–Crippen MR) is 108 cm³/mol. The van der Waals surface area contributed by atoms with E-state index < -0.39 is 5.97 Å². The molecule has 2 heteroatoms. The largest absolute Gasteiger partial charge is 0.481 e. The Morgan fingerprint density at radius 1 is 1.12 bits per heavy atom. The van der Waals surface area contributed by atoms with E-state index in [1.165, 1.54) is 40.7 Å². The second kappa shape index (κ2) is 6.40. The number of hydrogen-bond donors (Lipinski definition) is 1. The standard InChI is InChI=1S/C24H32O2/c1-15(8-7-9-17-13-19(17)22(25)26)18-14-21-20(12-16(18)2)23(3,4)10-11-24(21,5)6/h7-9,12,14,17,19H,10-11,13H2,1-6H3,(H,25,26)/b9-7+,15-8+/t17-,19+/m0/s1. The normalized spacial score (nSPS) is 26.6. The van der Waals surface area contributed by atoms with Crippen molar-refractivity contribution in [1.82, 2.24) is 0 Å². The highest BCUT2D eigenvalue weighted by Gasteiger charge is 2.41. The van der Waals surface area contributed by atoms with Crippen LogP contribution < -0.4 is 0 Å². The summed E-state index contributed by atoms with van der Waals surface area (Å²) in [6.07, 6.45) is 9.44. The summed E-state index contributed by atoms with van der Waals surface area (Å²) in [5.41, 5.74) is 7.32. The average molecular weight is 353 g/mol. The number of aliphatic carboxylic acids is 1. The molecule has 1 aromatic rings. The summed E-state index contributed by atoms with van der Waals surface area (Å²) >= 11 is 0. The summed E-state index contributed by atoms with van der Waals surface area (Å²) in [4.78, 5) is 10.9. The van der Waals surface area contributed by atoms with E-state index >= 15 is 0 Å². The molecule has 1 aromatic carbocycles. The van der Waals surface area contributed by atoms with Gasteiger partial charge in [-0.05, 0) is 77.7 Å². The van der Waals surface area contributed by atoms with Crippen LogP contribution in [0.3, 0.4) is 0 Å². The summed E-state index contributed by atoms with van der Waals surface area (Å²) in [5.74, 6) is -0.634. The van der Waals surface area contributed by atoms with E-state index in [9.17, 15) is 4.79 Å². The maximum atomic E-state index is 10.9. The van der Waals surface area contributed by atoms with Crippen LogP contribution in [0.2, 0.25) is 0 Å². The van der Waals surface area contributed by atoms with Gasteiger partial charge in [-0.15, -0.1) is 0 Å². The Kier molecular flexibility index (Phi) is 4.67. The smallest absolute Gasteiger partial charge is 0.307 e. The number of rotatable bonds is 4. The van der Waals surface area contributed by atoms with Crippen molar-refractivity contribution in [1.29, 1.82) is 0 Å². The number of carboxylic acids is 1. The Bertz CT molecular complexity index is 793. The molecule has 3 rings (SSSR count). The summed E-state index contributed by atoms with van der Waals surface area (Å²) in [5, 5.41) is 9.00. The van der Waals surface area contributed by atoms with Gasteiger partial charge in [-0.25, -0.2) is 0 Å². The molecule has 2 atom stereocenters. The Hall–Kier alpha value is -1.83. The van der Waals surface area contributed by atoms with Gasteiger partial charge in [0.1, 0.15) is 0 Å². The van der Waals surface area contributed by atoms with Crippen LogP contribution in [0.4, 0.5) is 0 Å². The molecule has 1 N–H and O–H groups in total. The first kappa shape index (κ1) is 18.9. The fraction of sp³-hybridized carbons (Fsp3) is 0.542. The summed E-state index contributed by atoms with van der Waals surface area (Å²) in [6, 6.07) is 4.80. The molecule has 2 aliphatic carbocycles. The lowest BCUT2D eigenvalue weighted by Gasteiger charge is -2.42. The van der Waals surface area contributed by atoms with Gasteiger partial charge >= 0.3 is 5.97 Å². The highest BCUT2D eigenvalue weighted by molar-refractivity contribution is 5.74. The second-order valence-corrected chi connectivity index (χ2v) is 9.56. The van der Waals surface area contributed by atoms with Gasteiger partial charge < -0.3 is 5.11 Å². The highest BCUT2D eigenvalue weighted by Crippen LogP contribution is 2.47. The summed E-state index contributed by atoms with van der Waals surface area (Å²) in [6.45, 7) is 13.8. The molecule has 0 bridgehead atoms. The van der Waals surface area contributed by atoms with Gasteiger partial charge in [0.05, 0.1) is 5.92 Å². The molecule has 1 saturated carbocycles. The lowest BCUT2D eigenvalue weighted by molar-refractivity contribution is -0.138. The first-order valence-corrected chi connectivity index (χ1v) is 9.77. The first-order chi connectivity index (χ1) is 12.0. The lowest BCUT2D eigenvalue weighted by atomic mass is 9.62. The zero-order valence-electron chi connectivity index (χ0n) is 17.0. The van der Waals surface area contributed by atoms with E-state index in [0.717, 1.165) is 6.42 Å². The van der Waals surface area contributed by atoms with Crippen molar-refractivity contribution in [3.8, 4) is 0 Å². The first-order valence-electron chi connectivity index (χ1n) is 9.77. The number of carbonyl (C=O) groups is 1. The quantitative estimate of drug-likeness (QED) is 0.672. The van der Waals surface area contributed by atoms with Crippen LogP contribution in [0.15, 0.2) is 30.4 Å². The monoisotopic (exact) mass is 352 g/mol. The lowest BCUT2D eigenvalue weighted by Crippen LogP contribution is -2.34. The van der Waals surface area contributed by atoms with E-state index in [0.29, 0.717) is 0 Å². The van der Waals surface area contributed by atoms with E-state index in [-0.39, 0.29) is 22.7 Å². The molecule has 140 valence electrons. The summed E-state index contributed by atoms with van der Waals surface area (Å²) in [7, 11) is 0. The number of hydrogen-bond acceptors (Lipinski definition) is 1. The van der Waals surface area contributed by atoms with Gasteiger partial charge in [0, 0.05) is 0 Å². The van der Waals surface area contributed by atoms with Crippen LogP contribution in [0, 0.1) is 18.8 Å². The molecule has 2 aliphatic rings. The third kappa shape index (κ3) is 3.51. The highest BCUT2D eigenvalue weighted by atomic mass is 16.4. The summed E-state index contributed by atoms with van der Waals surface area (Å²) < 4.78 is 0. The predicted octanol–water partition coefficient (Wildman–Crippen LogP) is 6.02. The molecule has 2 nitrogen and oxygen atoms in total. The van der Waals surface area contributed by atoms with Crippen molar-refractivity contribution in [3.63, 3.8) is 0 Å². The van der Waals surface area contributed by atoms with Crippen LogP contribution in [0.5, 0.6) is 0 Å². The van der Waals surface area contributed by atoms with Crippen LogP contribution >= 0.6 is 0 Å². The van der Waals surface area contributed by atoms with Gasteiger partial charge in [0.2, 0.25) is 0 Å². The minimum absolute atomic E-state index is 0.173. The van der Waals surface area contributed by atoms with Crippen molar-refractivity contribution in [3.05, 3.63) is 52.6 Å². The van der Waals surface area contributed by atoms with Crippen molar-refractivity contribution >= 4 is 11.5 Å². The molecule has 0 unspecified atom stereocenters. The SMILES string of the molecule is C/C(=C\C=C\[C@H]1C[C@H]1C(=O)O)c1cc2c(cc1C)C(C)(C)CCC2(C)C. The molecule has 0 saturated heterocycles. The van der Waals surface area contributed by atoms with Crippen molar-refractivity contribution in [2.24, 2.45) is 11.8 Å². The molecular formula is C24H32O2. The topological polar surface area (TPSA) is 37.3 Å². The molecule has 1 fully saturated rings. The number of fused-ring (bicyclic) bond motifs is 1. The minimum Gasteiger partial charge on any atom is -0.481 e. The zero-order chi connectivity index (χ0) is 19.3. The Balaban J connectivity index is 1.90. The molecule has 0 heterocycles. The van der Waals surface area contributed by atoms with Crippen LogP contribution in [-0.4, -0.2) is 11.1 Å². The minimum atomic E-state index is -0.671. The van der Waals surface area contributed by atoms with Crippen molar-refractivity contribution < 1.29 is 9.90 Å². The molecule has 26 heavy (non-hydrogen) atoms. The Morgan fingerprint density at radius 2 is 1.69 bits per heavy atom. The molecule has 0 amide bonds. The van der Waals surface area contributed by atoms with Crippen molar-refractivity contribution in [2.75, 3.05) is 0 Å².